The number of methoxy groups -OCH3 is 2. The number of benzene rings is 3. The number of hydrogen-bond acceptors (Lipinski definition) is 6. The predicted octanol–water partition coefficient (Wildman–Crippen LogP) is 5.99. The second-order valence-electron chi connectivity index (χ2n) is 8.04. The summed E-state index contributed by atoms with van der Waals surface area (Å²) in [5.41, 5.74) is 3.76. The lowest BCUT2D eigenvalue weighted by Crippen LogP contribution is -2.29. The molecule has 4 rings (SSSR count). The third-order valence-electron chi connectivity index (χ3n) is 5.64. The Labute approximate surface area is 220 Å². The third kappa shape index (κ3) is 6.13. The molecule has 1 aliphatic heterocycles. The second-order valence-corrected chi connectivity index (χ2v) is 9.72. The third-order valence-corrected chi connectivity index (χ3v) is 7.02. The Morgan fingerprint density at radius 2 is 1.67 bits per heavy atom. The first kappa shape index (κ1) is 25.5. The van der Waals surface area contributed by atoms with E-state index >= 15 is 0 Å². The van der Waals surface area contributed by atoms with Crippen LogP contribution in [0.15, 0.2) is 77.7 Å². The second kappa shape index (κ2) is 11.9. The van der Waals surface area contributed by atoms with Gasteiger partial charge >= 0.3 is 0 Å². The van der Waals surface area contributed by atoms with E-state index in [9.17, 15) is 9.59 Å². The van der Waals surface area contributed by atoms with E-state index in [-0.39, 0.29) is 18.2 Å². The Balaban J connectivity index is 1.29. The Bertz CT molecular complexity index is 1290. The highest BCUT2D eigenvalue weighted by Gasteiger charge is 2.31. The molecule has 2 amide bonds. The van der Waals surface area contributed by atoms with Crippen LogP contribution in [0.2, 0.25) is 0 Å². The summed E-state index contributed by atoms with van der Waals surface area (Å²) in [5, 5.41) is 2.92. The maximum absolute atomic E-state index is 12.9. The predicted molar refractivity (Wildman–Crippen MR) is 149 cm³/mol. The zero-order valence-corrected chi connectivity index (χ0v) is 21.7. The maximum Gasteiger partial charge on any atom is 0.266 e. The molecule has 0 aliphatic carbocycles. The van der Waals surface area contributed by atoms with Crippen molar-refractivity contribution in [3.8, 4) is 22.6 Å². The van der Waals surface area contributed by atoms with Crippen LogP contribution in [0, 0.1) is 0 Å². The highest BCUT2D eigenvalue weighted by atomic mass is 32.2. The number of carbonyl (C=O) groups is 2. The molecule has 1 aliphatic rings. The molecule has 1 heterocycles. The fourth-order valence-corrected chi connectivity index (χ4v) is 5.09. The average Bonchev–Trinajstić information content (AvgIpc) is 3.16. The fourth-order valence-electron chi connectivity index (χ4n) is 3.78. The molecular formula is C28H26N2O4S2. The number of thiocarbonyl (C=S) groups is 1. The highest BCUT2D eigenvalue weighted by Crippen LogP contribution is 2.34. The van der Waals surface area contributed by atoms with Gasteiger partial charge in [-0.25, -0.2) is 0 Å². The molecule has 1 fully saturated rings. The van der Waals surface area contributed by atoms with Gasteiger partial charge in [0.1, 0.15) is 4.32 Å². The maximum atomic E-state index is 12.9. The minimum atomic E-state index is -0.156. The van der Waals surface area contributed by atoms with E-state index in [1.165, 1.54) is 11.8 Å². The molecular weight excluding hydrogens is 492 g/mol. The Kier molecular flexibility index (Phi) is 8.40. The van der Waals surface area contributed by atoms with Crippen LogP contribution in [0.4, 0.5) is 5.69 Å². The Morgan fingerprint density at radius 3 is 2.36 bits per heavy atom. The highest BCUT2D eigenvalue weighted by molar-refractivity contribution is 8.26. The number of hydrogen-bond donors (Lipinski definition) is 1. The first-order valence-electron chi connectivity index (χ1n) is 11.4. The van der Waals surface area contributed by atoms with Crippen molar-refractivity contribution in [3.63, 3.8) is 0 Å². The van der Waals surface area contributed by atoms with Gasteiger partial charge in [-0.2, -0.15) is 0 Å². The molecule has 0 radical (unpaired) electrons. The lowest BCUT2D eigenvalue weighted by molar-refractivity contribution is -0.122. The monoisotopic (exact) mass is 518 g/mol. The molecule has 184 valence electrons. The summed E-state index contributed by atoms with van der Waals surface area (Å²) in [6.45, 7) is 0.383. The quantitative estimate of drug-likeness (QED) is 0.277. The standard InChI is InChI=1S/C28H26N2O4S2/c1-33-23-15-10-19(17-24(23)34-2)18-25-27(32)30(28(35)36-25)16-6-9-26(31)29-22-13-11-21(12-14-22)20-7-4-3-5-8-20/h3-5,7-8,10-15,17-18H,6,9,16H2,1-2H3,(H,29,31). The van der Waals surface area contributed by atoms with Crippen LogP contribution in [0.5, 0.6) is 11.5 Å². The van der Waals surface area contributed by atoms with E-state index in [1.54, 1.807) is 31.3 Å². The van der Waals surface area contributed by atoms with Gasteiger partial charge in [-0.05, 0) is 53.5 Å². The van der Waals surface area contributed by atoms with Gasteiger partial charge in [0.05, 0.1) is 19.1 Å². The van der Waals surface area contributed by atoms with E-state index in [4.69, 9.17) is 21.7 Å². The number of amides is 2. The number of ether oxygens (including phenoxy) is 2. The van der Waals surface area contributed by atoms with Gasteiger partial charge in [0.15, 0.2) is 11.5 Å². The van der Waals surface area contributed by atoms with Crippen molar-refractivity contribution in [1.29, 1.82) is 0 Å². The van der Waals surface area contributed by atoms with Crippen LogP contribution in [-0.2, 0) is 9.59 Å². The summed E-state index contributed by atoms with van der Waals surface area (Å²) in [5.74, 6) is 0.945. The van der Waals surface area contributed by atoms with Crippen molar-refractivity contribution in [2.45, 2.75) is 12.8 Å². The minimum Gasteiger partial charge on any atom is -0.493 e. The van der Waals surface area contributed by atoms with Gasteiger partial charge in [-0.15, -0.1) is 0 Å². The lowest BCUT2D eigenvalue weighted by Gasteiger charge is -2.14. The number of thioether (sulfide) groups is 1. The summed E-state index contributed by atoms with van der Waals surface area (Å²) in [6, 6.07) is 23.3. The number of rotatable bonds is 9. The van der Waals surface area contributed by atoms with Gasteiger partial charge < -0.3 is 14.8 Å². The van der Waals surface area contributed by atoms with Crippen molar-refractivity contribution >= 4 is 51.9 Å². The summed E-state index contributed by atoms with van der Waals surface area (Å²) in [7, 11) is 3.14. The number of carbonyl (C=O) groups excluding carboxylic acids is 2. The van der Waals surface area contributed by atoms with E-state index in [0.717, 1.165) is 22.4 Å². The molecule has 1 saturated heterocycles. The van der Waals surface area contributed by atoms with Crippen molar-refractivity contribution in [2.75, 3.05) is 26.1 Å². The van der Waals surface area contributed by atoms with E-state index in [1.807, 2.05) is 66.7 Å². The van der Waals surface area contributed by atoms with Crippen molar-refractivity contribution in [1.82, 2.24) is 4.90 Å². The Morgan fingerprint density at radius 1 is 0.972 bits per heavy atom. The van der Waals surface area contributed by atoms with Gasteiger partial charge in [-0.1, -0.05) is 72.5 Å². The van der Waals surface area contributed by atoms with Gasteiger partial charge in [-0.3, -0.25) is 14.5 Å². The molecule has 0 unspecified atom stereocenters. The van der Waals surface area contributed by atoms with Crippen LogP contribution in [0.3, 0.4) is 0 Å². The summed E-state index contributed by atoms with van der Waals surface area (Å²) in [6.07, 6.45) is 2.57. The van der Waals surface area contributed by atoms with Crippen LogP contribution in [0.25, 0.3) is 17.2 Å². The molecule has 0 saturated carbocycles. The summed E-state index contributed by atoms with van der Waals surface area (Å²) in [4.78, 5) is 27.4. The zero-order chi connectivity index (χ0) is 25.5. The summed E-state index contributed by atoms with van der Waals surface area (Å²) >= 11 is 6.67. The van der Waals surface area contributed by atoms with Crippen LogP contribution in [-0.4, -0.2) is 41.8 Å². The normalized spacial score (nSPS) is 14.3. The molecule has 3 aromatic rings. The molecule has 8 heteroatoms. The topological polar surface area (TPSA) is 67.9 Å². The molecule has 3 aromatic carbocycles. The molecule has 36 heavy (non-hydrogen) atoms. The van der Waals surface area contributed by atoms with Gasteiger partial charge in [0, 0.05) is 18.7 Å². The van der Waals surface area contributed by atoms with Crippen molar-refractivity contribution in [2.24, 2.45) is 0 Å². The first-order chi connectivity index (χ1) is 17.5. The number of anilines is 1. The molecule has 0 atom stereocenters. The van der Waals surface area contributed by atoms with Crippen molar-refractivity contribution < 1.29 is 19.1 Å². The Hall–Kier alpha value is -3.62. The van der Waals surface area contributed by atoms with E-state index in [0.29, 0.717) is 33.7 Å². The van der Waals surface area contributed by atoms with Crippen molar-refractivity contribution in [3.05, 3.63) is 83.3 Å². The molecule has 1 N–H and O–H groups in total. The molecule has 0 spiro atoms. The minimum absolute atomic E-state index is 0.103. The summed E-state index contributed by atoms with van der Waals surface area (Å²) < 4.78 is 11.1. The zero-order valence-electron chi connectivity index (χ0n) is 20.0. The molecule has 6 nitrogen and oxygen atoms in total. The molecule has 0 aromatic heterocycles. The van der Waals surface area contributed by atoms with Crippen LogP contribution in [0.1, 0.15) is 18.4 Å². The first-order valence-corrected chi connectivity index (χ1v) is 12.6. The average molecular weight is 519 g/mol. The van der Waals surface area contributed by atoms with Gasteiger partial charge in [0.2, 0.25) is 5.91 Å². The number of nitrogens with zero attached hydrogens (tertiary/aromatic N) is 1. The van der Waals surface area contributed by atoms with Gasteiger partial charge in [0.25, 0.3) is 5.91 Å². The molecule has 0 bridgehead atoms. The smallest absolute Gasteiger partial charge is 0.266 e. The number of nitrogens with one attached hydrogen (secondary N) is 1. The fraction of sp³-hybridized carbons (Fsp3) is 0.179. The van der Waals surface area contributed by atoms with E-state index in [2.05, 4.69) is 5.32 Å². The van der Waals surface area contributed by atoms with Crippen LogP contribution >= 0.6 is 24.0 Å². The SMILES string of the molecule is COc1ccc(C=C2SC(=S)N(CCCC(=O)Nc3ccc(-c4ccccc4)cc3)C2=O)cc1OC. The largest absolute Gasteiger partial charge is 0.493 e. The van der Waals surface area contributed by atoms with E-state index < -0.39 is 0 Å². The lowest BCUT2D eigenvalue weighted by atomic mass is 10.1. The van der Waals surface area contributed by atoms with Crippen LogP contribution < -0.4 is 14.8 Å².